The van der Waals surface area contributed by atoms with Crippen LogP contribution < -0.4 is 5.73 Å². The molecular formula is C11H13N3. The molecule has 1 aromatic carbocycles. The monoisotopic (exact) mass is 187 g/mol. The van der Waals surface area contributed by atoms with Crippen molar-refractivity contribution in [2.45, 2.75) is 13.8 Å². The summed E-state index contributed by atoms with van der Waals surface area (Å²) in [5.41, 5.74) is 9.82. The molecule has 2 aromatic rings. The maximum Gasteiger partial charge on any atom is 0.103 e. The molecule has 0 saturated heterocycles. The van der Waals surface area contributed by atoms with Crippen LogP contribution in [-0.4, -0.2) is 9.97 Å². The molecule has 14 heavy (non-hydrogen) atoms. The summed E-state index contributed by atoms with van der Waals surface area (Å²) in [7, 11) is 0. The maximum absolute atomic E-state index is 5.75. The molecule has 0 bridgehead atoms. The first-order valence-corrected chi connectivity index (χ1v) is 4.55. The van der Waals surface area contributed by atoms with Crippen molar-refractivity contribution in [3.63, 3.8) is 0 Å². The Balaban J connectivity index is 2.47. The van der Waals surface area contributed by atoms with E-state index in [2.05, 4.69) is 16.0 Å². The van der Waals surface area contributed by atoms with E-state index in [0.29, 0.717) is 0 Å². The van der Waals surface area contributed by atoms with Gasteiger partial charge < -0.3 is 10.7 Å². The number of hydrogen-bond acceptors (Lipinski definition) is 2. The Morgan fingerprint density at radius 3 is 2.64 bits per heavy atom. The molecule has 0 atom stereocenters. The summed E-state index contributed by atoms with van der Waals surface area (Å²) >= 11 is 0. The molecule has 0 unspecified atom stereocenters. The van der Waals surface area contributed by atoms with Crippen LogP contribution in [0, 0.1) is 13.8 Å². The molecule has 1 heterocycles. The lowest BCUT2D eigenvalue weighted by molar-refractivity contribution is 1.15. The van der Waals surface area contributed by atoms with Crippen LogP contribution in [0.5, 0.6) is 0 Å². The van der Waals surface area contributed by atoms with Gasteiger partial charge in [-0.15, -0.1) is 0 Å². The van der Waals surface area contributed by atoms with Crippen LogP contribution >= 0.6 is 0 Å². The normalized spacial score (nSPS) is 10.4. The Hall–Kier alpha value is -1.77. The molecule has 2 rings (SSSR count). The van der Waals surface area contributed by atoms with Crippen molar-refractivity contribution in [3.05, 3.63) is 35.8 Å². The van der Waals surface area contributed by atoms with Crippen molar-refractivity contribution >= 4 is 5.69 Å². The Morgan fingerprint density at radius 2 is 2.07 bits per heavy atom. The number of benzene rings is 1. The molecule has 1 aromatic heterocycles. The summed E-state index contributed by atoms with van der Waals surface area (Å²) in [4.78, 5) is 7.35. The molecular weight excluding hydrogens is 174 g/mol. The minimum Gasteiger partial charge on any atom is -0.399 e. The molecule has 3 heteroatoms. The molecule has 3 N–H and O–H groups in total. The van der Waals surface area contributed by atoms with Gasteiger partial charge >= 0.3 is 0 Å². The van der Waals surface area contributed by atoms with Crippen molar-refractivity contribution in [1.29, 1.82) is 0 Å². The van der Waals surface area contributed by atoms with Gasteiger partial charge in [0.1, 0.15) is 5.82 Å². The first-order valence-electron chi connectivity index (χ1n) is 4.55. The number of nitrogens with zero attached hydrogens (tertiary/aromatic N) is 1. The summed E-state index contributed by atoms with van der Waals surface area (Å²) < 4.78 is 0. The topological polar surface area (TPSA) is 54.7 Å². The van der Waals surface area contributed by atoms with Gasteiger partial charge in [-0.2, -0.15) is 0 Å². The minimum atomic E-state index is 0.824. The van der Waals surface area contributed by atoms with E-state index in [1.165, 1.54) is 0 Å². The third-order valence-corrected chi connectivity index (χ3v) is 2.28. The van der Waals surface area contributed by atoms with Gasteiger partial charge in [0.05, 0.1) is 11.9 Å². The molecule has 0 aliphatic rings. The Kier molecular flexibility index (Phi) is 2.00. The van der Waals surface area contributed by atoms with Gasteiger partial charge in [0.2, 0.25) is 0 Å². The smallest absolute Gasteiger partial charge is 0.103 e. The summed E-state index contributed by atoms with van der Waals surface area (Å²) in [6.07, 6.45) is 1.83. The van der Waals surface area contributed by atoms with Crippen molar-refractivity contribution < 1.29 is 0 Å². The molecule has 0 spiro atoms. The number of hydrogen-bond donors (Lipinski definition) is 2. The highest BCUT2D eigenvalue weighted by Crippen LogP contribution is 2.21. The number of anilines is 1. The maximum atomic E-state index is 5.75. The summed E-state index contributed by atoms with van der Waals surface area (Å²) in [6.45, 7) is 3.94. The Bertz CT molecular complexity index is 457. The SMILES string of the molecule is Cc1ncc(-c2ccc(N)c(C)c2)[nH]1. The lowest BCUT2D eigenvalue weighted by Gasteiger charge is -2.02. The molecule has 0 radical (unpaired) electrons. The van der Waals surface area contributed by atoms with E-state index in [-0.39, 0.29) is 0 Å². The lowest BCUT2D eigenvalue weighted by Crippen LogP contribution is -1.89. The lowest BCUT2D eigenvalue weighted by atomic mass is 10.1. The Morgan fingerprint density at radius 1 is 1.29 bits per heavy atom. The van der Waals surface area contributed by atoms with Crippen molar-refractivity contribution in [3.8, 4) is 11.3 Å². The van der Waals surface area contributed by atoms with Crippen LogP contribution in [0.25, 0.3) is 11.3 Å². The summed E-state index contributed by atoms with van der Waals surface area (Å²) in [5, 5.41) is 0. The highest BCUT2D eigenvalue weighted by molar-refractivity contribution is 5.64. The van der Waals surface area contributed by atoms with Gasteiger partial charge in [-0.05, 0) is 37.1 Å². The quantitative estimate of drug-likeness (QED) is 0.673. The largest absolute Gasteiger partial charge is 0.399 e. The predicted octanol–water partition coefficient (Wildman–Crippen LogP) is 2.28. The number of nitrogens with one attached hydrogen (secondary N) is 1. The highest BCUT2D eigenvalue weighted by atomic mass is 14.9. The first kappa shape index (κ1) is 8.81. The standard InChI is InChI=1S/C11H13N3/c1-7-5-9(3-4-10(7)12)11-6-13-8(2)14-11/h3-6H,12H2,1-2H3,(H,13,14). The van der Waals surface area contributed by atoms with E-state index in [9.17, 15) is 0 Å². The number of aryl methyl sites for hydroxylation is 2. The number of rotatable bonds is 1. The van der Waals surface area contributed by atoms with Gasteiger partial charge in [0.25, 0.3) is 0 Å². The van der Waals surface area contributed by atoms with E-state index in [1.807, 2.05) is 32.2 Å². The number of aromatic nitrogens is 2. The van der Waals surface area contributed by atoms with E-state index in [1.54, 1.807) is 0 Å². The van der Waals surface area contributed by atoms with Crippen LogP contribution in [0.3, 0.4) is 0 Å². The van der Waals surface area contributed by atoms with Crippen LogP contribution in [0.15, 0.2) is 24.4 Å². The summed E-state index contributed by atoms with van der Waals surface area (Å²) in [5.74, 6) is 0.925. The van der Waals surface area contributed by atoms with E-state index < -0.39 is 0 Å². The van der Waals surface area contributed by atoms with Gasteiger partial charge in [-0.1, -0.05) is 6.07 Å². The zero-order valence-corrected chi connectivity index (χ0v) is 8.33. The van der Waals surface area contributed by atoms with E-state index >= 15 is 0 Å². The summed E-state index contributed by atoms with van der Waals surface area (Å²) in [6, 6.07) is 5.97. The fourth-order valence-electron chi connectivity index (χ4n) is 1.41. The Labute approximate surface area is 83.0 Å². The van der Waals surface area contributed by atoms with Crippen molar-refractivity contribution in [1.82, 2.24) is 9.97 Å². The van der Waals surface area contributed by atoms with Crippen molar-refractivity contribution in [2.75, 3.05) is 5.73 Å². The zero-order chi connectivity index (χ0) is 10.1. The molecule has 0 saturated carbocycles. The number of imidazole rings is 1. The number of H-pyrrole nitrogens is 1. The molecule has 0 aliphatic heterocycles. The molecule has 0 fully saturated rings. The van der Waals surface area contributed by atoms with Crippen LogP contribution in [0.4, 0.5) is 5.69 Å². The van der Waals surface area contributed by atoms with Crippen molar-refractivity contribution in [2.24, 2.45) is 0 Å². The molecule has 0 aliphatic carbocycles. The van der Waals surface area contributed by atoms with Crippen LogP contribution in [-0.2, 0) is 0 Å². The fraction of sp³-hybridized carbons (Fsp3) is 0.182. The first-order chi connectivity index (χ1) is 6.66. The average Bonchev–Trinajstić information content (AvgIpc) is 2.57. The molecule has 72 valence electrons. The minimum absolute atomic E-state index is 0.824. The van der Waals surface area contributed by atoms with E-state index in [4.69, 9.17) is 5.73 Å². The number of nitrogen functional groups attached to an aromatic ring is 1. The van der Waals surface area contributed by atoms with Crippen LogP contribution in [0.1, 0.15) is 11.4 Å². The predicted molar refractivity (Wildman–Crippen MR) is 57.9 cm³/mol. The second-order valence-corrected chi connectivity index (χ2v) is 3.45. The second kappa shape index (κ2) is 3.18. The van der Waals surface area contributed by atoms with Gasteiger partial charge in [0.15, 0.2) is 0 Å². The number of nitrogens with two attached hydrogens (primary N) is 1. The van der Waals surface area contributed by atoms with Gasteiger partial charge in [-0.3, -0.25) is 0 Å². The highest BCUT2D eigenvalue weighted by Gasteiger charge is 2.01. The zero-order valence-electron chi connectivity index (χ0n) is 8.33. The second-order valence-electron chi connectivity index (χ2n) is 3.45. The van der Waals surface area contributed by atoms with Gasteiger partial charge in [-0.25, -0.2) is 4.98 Å². The van der Waals surface area contributed by atoms with E-state index in [0.717, 1.165) is 28.3 Å². The molecule has 0 amide bonds. The van der Waals surface area contributed by atoms with Gasteiger partial charge in [0, 0.05) is 5.69 Å². The third-order valence-electron chi connectivity index (χ3n) is 2.28. The fourth-order valence-corrected chi connectivity index (χ4v) is 1.41. The number of aromatic amines is 1. The average molecular weight is 187 g/mol. The third kappa shape index (κ3) is 1.48. The molecule has 3 nitrogen and oxygen atoms in total. The van der Waals surface area contributed by atoms with Crippen LogP contribution in [0.2, 0.25) is 0 Å².